The molecule has 1 aromatic carbocycles. The summed E-state index contributed by atoms with van der Waals surface area (Å²) < 4.78 is 33.0. The zero-order chi connectivity index (χ0) is 14.8. The van der Waals surface area contributed by atoms with Gasteiger partial charge in [-0.25, -0.2) is 13.6 Å². The normalized spacial score (nSPS) is 14.9. The number of hydrogen-bond acceptors (Lipinski definition) is 5. The predicted molar refractivity (Wildman–Crippen MR) is 71.8 cm³/mol. The van der Waals surface area contributed by atoms with E-state index in [4.69, 9.17) is 14.6 Å². The van der Waals surface area contributed by atoms with Crippen LogP contribution in [0.15, 0.2) is 23.1 Å². The van der Waals surface area contributed by atoms with Gasteiger partial charge in [0.2, 0.25) is 10.0 Å². The summed E-state index contributed by atoms with van der Waals surface area (Å²) in [6.45, 7) is 0.442. The fraction of sp³-hybridized carbons (Fsp3) is 0.462. The number of ether oxygens (including phenoxy) is 2. The summed E-state index contributed by atoms with van der Waals surface area (Å²) in [5.74, 6) is 0.278. The predicted octanol–water partition coefficient (Wildman–Crippen LogP) is 0.838. The number of methoxy groups -OCH3 is 1. The van der Waals surface area contributed by atoms with Gasteiger partial charge in [0.05, 0.1) is 20.1 Å². The Morgan fingerprint density at radius 1 is 1.40 bits per heavy atom. The molecule has 1 aromatic rings. The molecule has 2 rings (SSSR count). The third-order valence-electron chi connectivity index (χ3n) is 3.06. The number of esters is 1. The summed E-state index contributed by atoms with van der Waals surface area (Å²) in [4.78, 5) is 11.5. The molecule has 0 aromatic heterocycles. The summed E-state index contributed by atoms with van der Waals surface area (Å²) in [6, 6.07) is 4.43. The van der Waals surface area contributed by atoms with Crippen molar-refractivity contribution in [3.05, 3.63) is 23.8 Å². The van der Waals surface area contributed by atoms with Crippen LogP contribution in [0.5, 0.6) is 5.75 Å². The molecule has 7 heteroatoms. The number of carbonyl (C=O) groups excluding carboxylic acids is 1. The van der Waals surface area contributed by atoms with Crippen LogP contribution in [0.25, 0.3) is 0 Å². The Morgan fingerprint density at radius 3 is 2.65 bits per heavy atom. The van der Waals surface area contributed by atoms with Crippen molar-refractivity contribution in [3.63, 3.8) is 0 Å². The number of rotatable bonds is 6. The fourth-order valence-electron chi connectivity index (χ4n) is 1.77. The summed E-state index contributed by atoms with van der Waals surface area (Å²) >= 11 is 0. The van der Waals surface area contributed by atoms with E-state index in [1.807, 2.05) is 0 Å². The third-order valence-corrected chi connectivity index (χ3v) is 3.99. The lowest BCUT2D eigenvalue weighted by molar-refractivity contribution is -0.143. The highest BCUT2D eigenvalue weighted by Crippen LogP contribution is 2.29. The van der Waals surface area contributed by atoms with Gasteiger partial charge in [-0.05, 0) is 36.5 Å². The zero-order valence-corrected chi connectivity index (χ0v) is 12.0. The van der Waals surface area contributed by atoms with Gasteiger partial charge < -0.3 is 9.47 Å². The van der Waals surface area contributed by atoms with Gasteiger partial charge in [-0.15, -0.1) is 0 Å². The molecule has 1 aliphatic carbocycles. The van der Waals surface area contributed by atoms with E-state index in [9.17, 15) is 13.2 Å². The van der Waals surface area contributed by atoms with Crippen LogP contribution in [-0.4, -0.2) is 28.1 Å². The Kier molecular flexibility index (Phi) is 4.29. The lowest BCUT2D eigenvalue weighted by atomic mass is 10.1. The van der Waals surface area contributed by atoms with E-state index >= 15 is 0 Å². The topological polar surface area (TPSA) is 95.7 Å². The van der Waals surface area contributed by atoms with Crippen LogP contribution in [0.4, 0.5) is 0 Å². The van der Waals surface area contributed by atoms with Crippen molar-refractivity contribution in [1.82, 2.24) is 0 Å². The van der Waals surface area contributed by atoms with Gasteiger partial charge in [0.1, 0.15) is 10.6 Å². The lowest BCUT2D eigenvalue weighted by Crippen LogP contribution is -2.15. The average Bonchev–Trinajstić information content (AvgIpc) is 3.19. The monoisotopic (exact) mass is 299 g/mol. The lowest BCUT2D eigenvalue weighted by Gasteiger charge is -2.09. The summed E-state index contributed by atoms with van der Waals surface area (Å²) in [6.07, 6.45) is 2.22. The van der Waals surface area contributed by atoms with Crippen molar-refractivity contribution in [3.8, 4) is 5.75 Å². The minimum Gasteiger partial charge on any atom is -0.495 e. The van der Waals surface area contributed by atoms with Gasteiger partial charge in [0.25, 0.3) is 0 Å². The Labute approximate surface area is 117 Å². The molecule has 1 fully saturated rings. The highest BCUT2D eigenvalue weighted by atomic mass is 32.2. The van der Waals surface area contributed by atoms with E-state index in [0.717, 1.165) is 12.8 Å². The largest absolute Gasteiger partial charge is 0.495 e. The van der Waals surface area contributed by atoms with E-state index in [1.54, 1.807) is 6.07 Å². The molecular formula is C13H17NO5S. The third kappa shape index (κ3) is 3.94. The van der Waals surface area contributed by atoms with Crippen molar-refractivity contribution in [2.75, 3.05) is 13.7 Å². The molecule has 1 saturated carbocycles. The minimum absolute atomic E-state index is 0.0131. The van der Waals surface area contributed by atoms with E-state index in [0.29, 0.717) is 18.1 Å². The minimum atomic E-state index is -3.90. The van der Waals surface area contributed by atoms with Crippen molar-refractivity contribution in [1.29, 1.82) is 0 Å². The zero-order valence-electron chi connectivity index (χ0n) is 11.2. The maximum absolute atomic E-state index is 11.6. The van der Waals surface area contributed by atoms with Crippen LogP contribution in [0.1, 0.15) is 18.4 Å². The van der Waals surface area contributed by atoms with Crippen LogP contribution in [0, 0.1) is 5.92 Å². The second kappa shape index (κ2) is 5.80. The quantitative estimate of drug-likeness (QED) is 0.785. The first-order valence-corrected chi connectivity index (χ1v) is 7.80. The van der Waals surface area contributed by atoms with Gasteiger partial charge in [-0.1, -0.05) is 6.07 Å². The molecule has 0 amide bonds. The number of primary sulfonamides is 1. The molecule has 6 nitrogen and oxygen atoms in total. The number of carbonyl (C=O) groups is 1. The molecule has 0 radical (unpaired) electrons. The molecule has 2 N–H and O–H groups in total. The maximum atomic E-state index is 11.6. The van der Waals surface area contributed by atoms with Gasteiger partial charge in [-0.2, -0.15) is 0 Å². The Hall–Kier alpha value is -1.60. The molecule has 0 unspecified atom stereocenters. The second-order valence-electron chi connectivity index (χ2n) is 4.83. The Bertz CT molecular complexity index is 607. The van der Waals surface area contributed by atoms with Crippen molar-refractivity contribution >= 4 is 16.0 Å². The molecule has 20 heavy (non-hydrogen) atoms. The molecule has 0 atom stereocenters. The summed E-state index contributed by atoms with van der Waals surface area (Å²) in [7, 11) is -2.54. The molecule has 0 aliphatic heterocycles. The maximum Gasteiger partial charge on any atom is 0.310 e. The van der Waals surface area contributed by atoms with Gasteiger partial charge in [0.15, 0.2) is 0 Å². The molecule has 1 aliphatic rings. The highest BCUT2D eigenvalue weighted by Gasteiger charge is 2.23. The van der Waals surface area contributed by atoms with Crippen molar-refractivity contribution < 1.29 is 22.7 Å². The van der Waals surface area contributed by atoms with Gasteiger partial charge >= 0.3 is 5.97 Å². The van der Waals surface area contributed by atoms with E-state index in [2.05, 4.69) is 0 Å². The van der Waals surface area contributed by atoms with E-state index in [-0.39, 0.29) is 23.0 Å². The number of sulfonamides is 1. The van der Waals surface area contributed by atoms with Crippen LogP contribution < -0.4 is 9.88 Å². The van der Waals surface area contributed by atoms with E-state index in [1.165, 1.54) is 19.2 Å². The van der Waals surface area contributed by atoms with Crippen LogP contribution in [-0.2, 0) is 26.0 Å². The summed E-state index contributed by atoms with van der Waals surface area (Å²) in [5, 5.41) is 5.12. The Morgan fingerprint density at radius 2 is 2.10 bits per heavy atom. The van der Waals surface area contributed by atoms with Crippen LogP contribution in [0.3, 0.4) is 0 Å². The first-order valence-electron chi connectivity index (χ1n) is 6.25. The second-order valence-corrected chi connectivity index (χ2v) is 6.36. The molecule has 0 heterocycles. The first kappa shape index (κ1) is 14.8. The summed E-state index contributed by atoms with van der Waals surface area (Å²) in [5.41, 5.74) is 0.524. The highest BCUT2D eigenvalue weighted by molar-refractivity contribution is 7.89. The SMILES string of the molecule is COc1ccc(CC(=O)OCC2CC2)cc1S(N)(=O)=O. The average molecular weight is 299 g/mol. The van der Waals surface area contributed by atoms with Gasteiger partial charge in [-0.3, -0.25) is 4.79 Å². The Balaban J connectivity index is 2.09. The van der Waals surface area contributed by atoms with Crippen molar-refractivity contribution in [2.45, 2.75) is 24.2 Å². The molecule has 0 bridgehead atoms. The van der Waals surface area contributed by atoms with Gasteiger partial charge in [0, 0.05) is 0 Å². The molecule has 0 spiro atoms. The smallest absolute Gasteiger partial charge is 0.310 e. The number of benzene rings is 1. The van der Waals surface area contributed by atoms with Crippen molar-refractivity contribution in [2.24, 2.45) is 11.1 Å². The molecule has 0 saturated heterocycles. The molecule has 110 valence electrons. The number of nitrogens with two attached hydrogens (primary N) is 1. The first-order chi connectivity index (χ1) is 9.40. The van der Waals surface area contributed by atoms with Crippen LogP contribution in [0.2, 0.25) is 0 Å². The number of hydrogen-bond donors (Lipinski definition) is 1. The van der Waals surface area contributed by atoms with E-state index < -0.39 is 10.0 Å². The standard InChI is InChI=1S/C13H17NO5S/c1-18-11-5-4-10(6-12(11)20(14,16)17)7-13(15)19-8-9-2-3-9/h4-6,9H,2-3,7-8H2,1H3,(H2,14,16,17). The molecular weight excluding hydrogens is 282 g/mol. The fourth-order valence-corrected chi connectivity index (χ4v) is 2.51. The van der Waals surface area contributed by atoms with Crippen LogP contribution >= 0.6 is 0 Å².